The van der Waals surface area contributed by atoms with Gasteiger partial charge in [-0.2, -0.15) is 0 Å². The van der Waals surface area contributed by atoms with Crippen LogP contribution < -0.4 is 0 Å². The molecule has 0 aliphatic carbocycles. The maximum atomic E-state index is 5.48. The van der Waals surface area contributed by atoms with Gasteiger partial charge in [-0.3, -0.25) is 0 Å². The second-order valence-corrected chi connectivity index (χ2v) is 5.38. The van der Waals surface area contributed by atoms with Gasteiger partial charge in [0.2, 0.25) is 0 Å². The number of benzene rings is 1. The van der Waals surface area contributed by atoms with Gasteiger partial charge in [0.15, 0.2) is 9.76 Å². The van der Waals surface area contributed by atoms with E-state index in [1.807, 2.05) is 0 Å². The van der Waals surface area contributed by atoms with E-state index in [1.54, 1.807) is 0 Å². The molecule has 0 bridgehead atoms. The number of rotatable bonds is 1. The summed E-state index contributed by atoms with van der Waals surface area (Å²) < 4.78 is 5.48. The molecule has 1 heterocycles. The van der Waals surface area contributed by atoms with Crippen LogP contribution >= 0.6 is 0 Å². The average Bonchev–Trinajstić information content (AvgIpc) is 2.27. The van der Waals surface area contributed by atoms with Crippen LogP contribution in [0.1, 0.15) is 28.7 Å². The second kappa shape index (κ2) is 4.33. The number of hydrogen-bond donors (Lipinski definition) is 0. The van der Waals surface area contributed by atoms with Gasteiger partial charge in [0.1, 0.15) is 0 Å². The molecule has 0 saturated carbocycles. The molecule has 15 heavy (non-hydrogen) atoms. The van der Waals surface area contributed by atoms with Crippen molar-refractivity contribution in [1.82, 2.24) is 0 Å². The number of hydrogen-bond acceptors (Lipinski definition) is 1. The van der Waals surface area contributed by atoms with Crippen LogP contribution in [0.15, 0.2) is 17.8 Å². The lowest BCUT2D eigenvalue weighted by molar-refractivity contribution is 0.347. The van der Waals surface area contributed by atoms with E-state index in [9.17, 15) is 0 Å². The van der Waals surface area contributed by atoms with Crippen molar-refractivity contribution in [1.29, 1.82) is 0 Å². The van der Waals surface area contributed by atoms with Crippen molar-refractivity contribution in [3.63, 3.8) is 0 Å². The lowest BCUT2D eigenvalue weighted by Gasteiger charge is -2.17. The first-order chi connectivity index (χ1) is 7.20. The third-order valence-corrected chi connectivity index (χ3v) is 4.55. The lowest BCUT2D eigenvalue weighted by Crippen LogP contribution is -2.08. The van der Waals surface area contributed by atoms with Crippen LogP contribution in [0.3, 0.4) is 0 Å². The summed E-state index contributed by atoms with van der Waals surface area (Å²) in [6, 6.07) is 4.50. The van der Waals surface area contributed by atoms with Gasteiger partial charge in [0.05, 0.1) is 0 Å². The zero-order valence-electron chi connectivity index (χ0n) is 9.76. The molecule has 80 valence electrons. The largest absolute Gasteiger partial charge is 0.419 e. The van der Waals surface area contributed by atoms with Crippen molar-refractivity contribution in [2.75, 3.05) is 6.61 Å². The van der Waals surface area contributed by atoms with Gasteiger partial charge in [-0.05, 0) is 55.0 Å². The van der Waals surface area contributed by atoms with E-state index in [2.05, 4.69) is 38.6 Å². The quantitative estimate of drug-likeness (QED) is 0.658. The van der Waals surface area contributed by atoms with Crippen LogP contribution in [-0.2, 0) is 4.43 Å². The highest BCUT2D eigenvalue weighted by Crippen LogP contribution is 2.27. The van der Waals surface area contributed by atoms with Crippen molar-refractivity contribution >= 4 is 15.3 Å². The summed E-state index contributed by atoms with van der Waals surface area (Å²) in [5.41, 5.74) is 9.56. The fraction of sp³-hybridized carbons (Fsp3) is 0.385. The molecule has 2 heteroatoms. The Labute approximate surface area is 94.1 Å². The smallest absolute Gasteiger partial charge is 0.185 e. The first-order valence-electron chi connectivity index (χ1n) is 5.54. The summed E-state index contributed by atoms with van der Waals surface area (Å²) in [5.74, 6) is 0. The molecule has 1 aliphatic heterocycles. The zero-order chi connectivity index (χ0) is 10.8. The maximum Gasteiger partial charge on any atom is 0.185 e. The second-order valence-electron chi connectivity index (χ2n) is 4.23. The molecule has 0 fully saturated rings. The molecule has 1 aromatic carbocycles. The normalized spacial score (nSPS) is 17.9. The van der Waals surface area contributed by atoms with Crippen molar-refractivity contribution in [3.05, 3.63) is 40.1 Å². The molecule has 0 unspecified atom stereocenters. The monoisotopic (exact) mass is 218 g/mol. The van der Waals surface area contributed by atoms with E-state index in [0.29, 0.717) is 0 Å². The molecule has 0 N–H and O–H groups in total. The van der Waals surface area contributed by atoms with Crippen LogP contribution in [0.25, 0.3) is 5.57 Å². The van der Waals surface area contributed by atoms with Gasteiger partial charge >= 0.3 is 0 Å². The van der Waals surface area contributed by atoms with Crippen LogP contribution in [-0.4, -0.2) is 16.4 Å². The molecule has 2 rings (SSSR count). The minimum absolute atomic E-state index is 0.383. The fourth-order valence-electron chi connectivity index (χ4n) is 2.08. The maximum absolute atomic E-state index is 5.48. The first kappa shape index (κ1) is 10.6. The van der Waals surface area contributed by atoms with Gasteiger partial charge in [-0.25, -0.2) is 0 Å². The van der Waals surface area contributed by atoms with E-state index in [1.165, 1.54) is 27.8 Å². The molecule has 0 atom stereocenters. The summed E-state index contributed by atoms with van der Waals surface area (Å²) in [5, 5.41) is 0. The summed E-state index contributed by atoms with van der Waals surface area (Å²) in [6.45, 7) is 7.55. The molecular weight excluding hydrogens is 200 g/mol. The third-order valence-electron chi connectivity index (χ3n) is 3.37. The Morgan fingerprint density at radius 2 is 1.93 bits per heavy atom. The summed E-state index contributed by atoms with van der Waals surface area (Å²) >= 11 is 0. The predicted molar refractivity (Wildman–Crippen MR) is 67.7 cm³/mol. The molecular formula is C13H18OSi. The molecule has 1 aromatic rings. The molecule has 0 aromatic heterocycles. The van der Waals surface area contributed by atoms with Crippen molar-refractivity contribution in [2.24, 2.45) is 0 Å². The van der Waals surface area contributed by atoms with Gasteiger partial charge < -0.3 is 4.43 Å². The highest BCUT2D eigenvalue weighted by atomic mass is 28.2. The summed E-state index contributed by atoms with van der Waals surface area (Å²) in [4.78, 5) is 0. The van der Waals surface area contributed by atoms with E-state index in [4.69, 9.17) is 4.43 Å². The standard InChI is InChI=1S/C13H18OSi/c1-9-4-5-13(11(3)10(9)2)12-6-7-14-15-8-12/h4-5,8H,6-7,15H2,1-3H3. The molecule has 0 saturated heterocycles. The third kappa shape index (κ3) is 2.06. The Balaban J connectivity index is 2.44. The minimum atomic E-state index is -0.383. The van der Waals surface area contributed by atoms with Crippen LogP contribution in [0.5, 0.6) is 0 Å². The lowest BCUT2D eigenvalue weighted by atomic mass is 9.93. The minimum Gasteiger partial charge on any atom is -0.419 e. The Morgan fingerprint density at radius 1 is 1.13 bits per heavy atom. The SMILES string of the molecule is Cc1ccc(C2=C[SiH2]OCC2)c(C)c1C. The Bertz CT molecular complexity index is 407. The van der Waals surface area contributed by atoms with E-state index < -0.39 is 0 Å². The van der Waals surface area contributed by atoms with Crippen molar-refractivity contribution < 1.29 is 4.43 Å². The topological polar surface area (TPSA) is 9.23 Å². The first-order valence-corrected chi connectivity index (χ1v) is 6.93. The Hall–Kier alpha value is -0.863. The fourth-order valence-corrected chi connectivity index (χ4v) is 3.13. The van der Waals surface area contributed by atoms with Crippen molar-refractivity contribution in [3.8, 4) is 0 Å². The molecule has 0 radical (unpaired) electrons. The van der Waals surface area contributed by atoms with Gasteiger partial charge in [0, 0.05) is 6.61 Å². The van der Waals surface area contributed by atoms with Crippen molar-refractivity contribution in [2.45, 2.75) is 27.2 Å². The highest BCUT2D eigenvalue weighted by Gasteiger charge is 2.10. The predicted octanol–water partition coefficient (Wildman–Crippen LogP) is 2.46. The van der Waals surface area contributed by atoms with E-state index in [0.717, 1.165) is 13.0 Å². The zero-order valence-corrected chi connectivity index (χ0v) is 11.2. The van der Waals surface area contributed by atoms with E-state index in [-0.39, 0.29) is 9.76 Å². The van der Waals surface area contributed by atoms with Crippen LogP contribution in [0.2, 0.25) is 0 Å². The molecule has 0 spiro atoms. The van der Waals surface area contributed by atoms with Gasteiger partial charge in [0.25, 0.3) is 0 Å². The highest BCUT2D eigenvalue weighted by molar-refractivity contribution is 6.37. The molecule has 1 nitrogen and oxygen atoms in total. The summed E-state index contributed by atoms with van der Waals surface area (Å²) in [7, 11) is -0.383. The Kier molecular flexibility index (Phi) is 3.07. The number of aryl methyl sites for hydroxylation is 1. The van der Waals surface area contributed by atoms with Gasteiger partial charge in [-0.1, -0.05) is 17.8 Å². The van der Waals surface area contributed by atoms with Gasteiger partial charge in [-0.15, -0.1) is 0 Å². The molecule has 0 amide bonds. The Morgan fingerprint density at radius 3 is 2.60 bits per heavy atom. The van der Waals surface area contributed by atoms with Crippen LogP contribution in [0, 0.1) is 20.8 Å². The van der Waals surface area contributed by atoms with E-state index >= 15 is 0 Å². The average molecular weight is 218 g/mol. The molecule has 1 aliphatic rings. The summed E-state index contributed by atoms with van der Waals surface area (Å²) in [6.07, 6.45) is 1.08. The van der Waals surface area contributed by atoms with Crippen LogP contribution in [0.4, 0.5) is 0 Å².